The summed E-state index contributed by atoms with van der Waals surface area (Å²) in [4.78, 5) is 21.2. The van der Waals surface area contributed by atoms with E-state index in [1.54, 1.807) is 30.8 Å². The van der Waals surface area contributed by atoms with Crippen LogP contribution in [0.5, 0.6) is 0 Å². The van der Waals surface area contributed by atoms with E-state index in [0.717, 1.165) is 17.4 Å². The van der Waals surface area contributed by atoms with Crippen LogP contribution in [0.3, 0.4) is 0 Å². The van der Waals surface area contributed by atoms with E-state index in [-0.39, 0.29) is 17.5 Å². The van der Waals surface area contributed by atoms with Gasteiger partial charge >= 0.3 is 0 Å². The van der Waals surface area contributed by atoms with Gasteiger partial charge in [-0.2, -0.15) is 0 Å². The average Bonchev–Trinajstić information content (AvgIpc) is 3.05. The van der Waals surface area contributed by atoms with Crippen molar-refractivity contribution < 1.29 is 9.18 Å². The summed E-state index contributed by atoms with van der Waals surface area (Å²) in [7, 11) is 0. The number of hydrogen-bond donors (Lipinski definition) is 0. The van der Waals surface area contributed by atoms with Crippen molar-refractivity contribution in [2.45, 2.75) is 6.54 Å². The normalized spacial score (nSPS) is 12.4. The molecule has 0 saturated heterocycles. The minimum absolute atomic E-state index is 0.130. The Hall–Kier alpha value is -3.17. The van der Waals surface area contributed by atoms with Crippen LogP contribution >= 0.6 is 11.8 Å². The van der Waals surface area contributed by atoms with E-state index in [1.807, 2.05) is 22.8 Å². The summed E-state index contributed by atoms with van der Waals surface area (Å²) in [5, 5.41) is -0.130. The summed E-state index contributed by atoms with van der Waals surface area (Å²) in [5.41, 5.74) is 4.08. The molecule has 0 saturated carbocycles. The Labute approximate surface area is 160 Å². The first-order chi connectivity index (χ1) is 13.1. The number of carbonyl (C=O) groups is 1. The van der Waals surface area contributed by atoms with Crippen LogP contribution in [0.15, 0.2) is 53.8 Å². The molecule has 1 aliphatic rings. The molecule has 0 fully saturated rings. The van der Waals surface area contributed by atoms with Gasteiger partial charge in [0, 0.05) is 16.7 Å². The van der Waals surface area contributed by atoms with E-state index in [9.17, 15) is 9.18 Å². The van der Waals surface area contributed by atoms with Crippen LogP contribution in [0.25, 0.3) is 5.69 Å². The summed E-state index contributed by atoms with van der Waals surface area (Å²) < 4.78 is 16.3. The highest BCUT2D eigenvalue weighted by atomic mass is 32.2. The Balaban J connectivity index is 2.00. The summed E-state index contributed by atoms with van der Waals surface area (Å²) >= 11 is 1.10. The van der Waals surface area contributed by atoms with E-state index in [2.05, 4.69) is 15.9 Å². The maximum Gasteiger partial charge on any atom is 0.239 e. The van der Waals surface area contributed by atoms with Crippen LogP contribution in [-0.2, 0) is 6.54 Å². The standard InChI is InChI=1S/C21H14FN3OS/c1-3-13-8-9-17-15(10-13)19(14-6-4-5-7-16(14)22)23-11-18-20(21(26)27-2)24-12-25(17)18/h1,4-10,12H,11H2,2H3. The van der Waals surface area contributed by atoms with Gasteiger partial charge in [-0.15, -0.1) is 6.42 Å². The molecule has 3 aromatic rings. The lowest BCUT2D eigenvalue weighted by molar-refractivity contribution is 0.108. The Bertz CT molecular complexity index is 1140. The monoisotopic (exact) mass is 375 g/mol. The minimum Gasteiger partial charge on any atom is -0.300 e. The fourth-order valence-electron chi connectivity index (χ4n) is 3.15. The van der Waals surface area contributed by atoms with Gasteiger partial charge in [0.1, 0.15) is 17.8 Å². The number of thioether (sulfide) groups is 1. The molecule has 0 amide bonds. The SMILES string of the molecule is C#Cc1ccc2c(c1)C(c1ccccc1F)=NCc1c(C(=O)SC)ncn1-2. The van der Waals surface area contributed by atoms with Crippen LogP contribution in [0.4, 0.5) is 4.39 Å². The zero-order chi connectivity index (χ0) is 19.0. The zero-order valence-corrected chi connectivity index (χ0v) is 15.3. The van der Waals surface area contributed by atoms with Gasteiger partial charge in [0.25, 0.3) is 0 Å². The van der Waals surface area contributed by atoms with Gasteiger partial charge in [-0.1, -0.05) is 29.8 Å². The van der Waals surface area contributed by atoms with Crippen LogP contribution in [0.2, 0.25) is 0 Å². The highest BCUT2D eigenvalue weighted by Crippen LogP contribution is 2.29. The first-order valence-electron chi connectivity index (χ1n) is 8.19. The fourth-order valence-corrected chi connectivity index (χ4v) is 3.51. The molecule has 0 bridgehead atoms. The number of imidazole rings is 1. The van der Waals surface area contributed by atoms with Crippen molar-refractivity contribution in [3.63, 3.8) is 0 Å². The van der Waals surface area contributed by atoms with Gasteiger partial charge in [-0.05, 0) is 36.6 Å². The lowest BCUT2D eigenvalue weighted by atomic mass is 9.98. The molecule has 0 atom stereocenters. The third-order valence-electron chi connectivity index (χ3n) is 4.44. The van der Waals surface area contributed by atoms with Crippen LogP contribution < -0.4 is 0 Å². The van der Waals surface area contributed by atoms with E-state index < -0.39 is 0 Å². The second-order valence-corrected chi connectivity index (χ2v) is 6.70. The zero-order valence-electron chi connectivity index (χ0n) is 14.4. The van der Waals surface area contributed by atoms with Crippen molar-refractivity contribution in [1.82, 2.24) is 9.55 Å². The highest BCUT2D eigenvalue weighted by Gasteiger charge is 2.25. The Morgan fingerprint density at radius 2 is 2.07 bits per heavy atom. The number of halogens is 1. The maximum atomic E-state index is 14.5. The number of nitrogens with zero attached hydrogens (tertiary/aromatic N) is 3. The second-order valence-electron chi connectivity index (χ2n) is 5.92. The molecule has 132 valence electrons. The molecule has 1 aliphatic heterocycles. The number of fused-ring (bicyclic) bond motifs is 3. The molecular formula is C21H14FN3OS. The number of hydrogen-bond acceptors (Lipinski definition) is 4. The number of aromatic nitrogens is 2. The Kier molecular flexibility index (Phi) is 4.38. The van der Waals surface area contributed by atoms with Crippen molar-refractivity contribution >= 4 is 22.6 Å². The molecule has 0 spiro atoms. The van der Waals surface area contributed by atoms with Crippen LogP contribution in [0.1, 0.15) is 32.9 Å². The van der Waals surface area contributed by atoms with Gasteiger partial charge in [0.05, 0.1) is 23.6 Å². The molecule has 0 N–H and O–H groups in total. The van der Waals surface area contributed by atoms with Crippen molar-refractivity contribution in [3.05, 3.63) is 82.7 Å². The Morgan fingerprint density at radius 3 is 2.81 bits per heavy atom. The summed E-state index contributed by atoms with van der Waals surface area (Å²) in [6.07, 6.45) is 8.88. The predicted octanol–water partition coefficient (Wildman–Crippen LogP) is 3.85. The number of aliphatic imine (C=N–C) groups is 1. The molecular weight excluding hydrogens is 361 g/mol. The number of rotatable bonds is 2. The van der Waals surface area contributed by atoms with Crippen molar-refractivity contribution in [3.8, 4) is 18.0 Å². The fraction of sp³-hybridized carbons (Fsp3) is 0.0952. The maximum absolute atomic E-state index is 14.5. The molecule has 2 heterocycles. The summed E-state index contributed by atoms with van der Waals surface area (Å²) in [6.45, 7) is 0.214. The third-order valence-corrected chi connectivity index (χ3v) is 5.00. The summed E-state index contributed by atoms with van der Waals surface area (Å²) in [6, 6.07) is 12.0. The number of terminal acetylenes is 1. The minimum atomic E-state index is -0.363. The number of benzene rings is 2. The van der Waals surface area contributed by atoms with Crippen molar-refractivity contribution in [1.29, 1.82) is 0 Å². The number of carbonyl (C=O) groups excluding carboxylic acids is 1. The van der Waals surface area contributed by atoms with Crippen molar-refractivity contribution in [2.24, 2.45) is 4.99 Å². The quantitative estimate of drug-likeness (QED) is 0.639. The van der Waals surface area contributed by atoms with E-state index in [0.29, 0.717) is 33.8 Å². The molecule has 4 rings (SSSR count). The molecule has 0 unspecified atom stereocenters. The van der Waals surface area contributed by atoms with Crippen LogP contribution in [-0.4, -0.2) is 26.6 Å². The smallest absolute Gasteiger partial charge is 0.239 e. The highest BCUT2D eigenvalue weighted by molar-refractivity contribution is 8.13. The van der Waals surface area contributed by atoms with Crippen LogP contribution in [0, 0.1) is 18.2 Å². The van der Waals surface area contributed by atoms with Gasteiger partial charge < -0.3 is 0 Å². The second kappa shape index (κ2) is 6.86. The van der Waals surface area contributed by atoms with Crippen molar-refractivity contribution in [2.75, 3.05) is 6.26 Å². The first-order valence-corrected chi connectivity index (χ1v) is 9.41. The average molecular weight is 375 g/mol. The molecule has 27 heavy (non-hydrogen) atoms. The molecule has 0 radical (unpaired) electrons. The van der Waals surface area contributed by atoms with E-state index >= 15 is 0 Å². The molecule has 2 aromatic carbocycles. The molecule has 0 aliphatic carbocycles. The topological polar surface area (TPSA) is 47.2 Å². The van der Waals surface area contributed by atoms with E-state index in [4.69, 9.17) is 6.42 Å². The van der Waals surface area contributed by atoms with Gasteiger partial charge in [-0.25, -0.2) is 9.37 Å². The van der Waals surface area contributed by atoms with Gasteiger partial charge in [0.15, 0.2) is 0 Å². The Morgan fingerprint density at radius 1 is 1.26 bits per heavy atom. The first kappa shape index (κ1) is 17.3. The molecule has 4 nitrogen and oxygen atoms in total. The lowest BCUT2D eigenvalue weighted by Gasteiger charge is -2.13. The summed E-state index contributed by atoms with van der Waals surface area (Å²) in [5.74, 6) is 2.25. The van der Waals surface area contributed by atoms with Gasteiger partial charge in [-0.3, -0.25) is 14.4 Å². The van der Waals surface area contributed by atoms with E-state index in [1.165, 1.54) is 6.07 Å². The molecule has 6 heteroatoms. The van der Waals surface area contributed by atoms with Gasteiger partial charge in [0.2, 0.25) is 5.12 Å². The third kappa shape index (κ3) is 2.86. The largest absolute Gasteiger partial charge is 0.300 e. The predicted molar refractivity (Wildman–Crippen MR) is 105 cm³/mol. The lowest BCUT2D eigenvalue weighted by Crippen LogP contribution is -2.09. The molecule has 1 aromatic heterocycles.